The molecule has 0 spiro atoms. The van der Waals surface area contributed by atoms with Crippen molar-refractivity contribution in [3.63, 3.8) is 0 Å². The van der Waals surface area contributed by atoms with Gasteiger partial charge in [-0.2, -0.15) is 0 Å². The molecule has 2 N–H and O–H groups in total. The van der Waals surface area contributed by atoms with Gasteiger partial charge in [-0.25, -0.2) is 0 Å². The Balaban J connectivity index is 0.00000288. The average molecular weight is 422 g/mol. The molecule has 5 nitrogen and oxygen atoms in total. The van der Waals surface area contributed by atoms with Gasteiger partial charge in [-0.3, -0.25) is 4.79 Å². The van der Waals surface area contributed by atoms with Crippen LogP contribution in [0, 0.1) is 0 Å². The van der Waals surface area contributed by atoms with Crippen LogP contribution in [0.1, 0.15) is 43.0 Å². The second kappa shape index (κ2) is 10.1. The summed E-state index contributed by atoms with van der Waals surface area (Å²) in [4.78, 5) is 14.8. The van der Waals surface area contributed by atoms with Crippen LogP contribution in [0.5, 0.6) is 11.5 Å². The van der Waals surface area contributed by atoms with Gasteiger partial charge >= 0.3 is 0 Å². The highest BCUT2D eigenvalue weighted by Crippen LogP contribution is 2.37. The summed E-state index contributed by atoms with van der Waals surface area (Å²) >= 11 is 3.49. The number of piperidine rings is 1. The van der Waals surface area contributed by atoms with E-state index in [1.54, 1.807) is 19.2 Å². The van der Waals surface area contributed by atoms with Crippen molar-refractivity contribution < 1.29 is 14.3 Å². The van der Waals surface area contributed by atoms with Gasteiger partial charge in [0, 0.05) is 24.7 Å². The molecule has 1 aromatic rings. The topological polar surface area (TPSA) is 64.8 Å². The second-order valence-electron chi connectivity index (χ2n) is 5.72. The van der Waals surface area contributed by atoms with Crippen molar-refractivity contribution in [2.45, 2.75) is 38.6 Å². The number of benzene rings is 1. The third-order valence-electron chi connectivity index (χ3n) is 4.09. The van der Waals surface area contributed by atoms with E-state index in [2.05, 4.69) is 15.9 Å². The number of nitrogens with two attached hydrogens (primary N) is 1. The first-order valence-electron chi connectivity index (χ1n) is 8.13. The number of nitrogens with zero attached hydrogens (tertiary/aromatic N) is 1. The molecule has 1 aromatic carbocycles. The van der Waals surface area contributed by atoms with E-state index < -0.39 is 0 Å². The van der Waals surface area contributed by atoms with Crippen molar-refractivity contribution in [1.29, 1.82) is 0 Å². The van der Waals surface area contributed by atoms with Gasteiger partial charge in [-0.1, -0.05) is 6.92 Å². The maximum absolute atomic E-state index is 12.9. The Labute approximate surface area is 158 Å². The van der Waals surface area contributed by atoms with Crippen LogP contribution in [0.25, 0.3) is 0 Å². The van der Waals surface area contributed by atoms with Gasteiger partial charge in [0.15, 0.2) is 11.5 Å². The fourth-order valence-corrected chi connectivity index (χ4v) is 3.42. The number of methoxy groups -OCH3 is 1. The Hall–Kier alpha value is -0.980. The minimum atomic E-state index is 0. The lowest BCUT2D eigenvalue weighted by Gasteiger charge is -2.35. The summed E-state index contributed by atoms with van der Waals surface area (Å²) in [6.07, 6.45) is 4.03. The molecule has 1 fully saturated rings. The van der Waals surface area contributed by atoms with Crippen LogP contribution < -0.4 is 15.2 Å². The van der Waals surface area contributed by atoms with Gasteiger partial charge in [0.05, 0.1) is 18.2 Å². The average Bonchev–Trinajstić information content (AvgIpc) is 2.59. The van der Waals surface area contributed by atoms with Gasteiger partial charge < -0.3 is 20.1 Å². The molecule has 0 saturated carbocycles. The minimum absolute atomic E-state index is 0. The molecule has 24 heavy (non-hydrogen) atoms. The van der Waals surface area contributed by atoms with Gasteiger partial charge in [-0.05, 0) is 53.7 Å². The molecule has 0 aliphatic carbocycles. The molecule has 1 amide bonds. The van der Waals surface area contributed by atoms with Crippen LogP contribution in [-0.4, -0.2) is 43.7 Å². The molecule has 1 aliphatic rings. The standard InChI is InChI=1S/C17H25BrN2O3.ClH/c1-3-8-23-16-14(18)9-12(10-15(16)22-2)17(21)20-7-5-4-6-13(20)11-19;/h9-10,13H,3-8,11,19H2,1-2H3;1H. The Morgan fingerprint density at radius 2 is 2.17 bits per heavy atom. The summed E-state index contributed by atoms with van der Waals surface area (Å²) in [5, 5.41) is 0. The van der Waals surface area contributed by atoms with Crippen LogP contribution in [0.15, 0.2) is 16.6 Å². The fourth-order valence-electron chi connectivity index (χ4n) is 2.87. The smallest absolute Gasteiger partial charge is 0.254 e. The molecule has 0 aromatic heterocycles. The molecule has 0 bridgehead atoms. The van der Waals surface area contributed by atoms with E-state index in [1.165, 1.54) is 0 Å². The largest absolute Gasteiger partial charge is 0.493 e. The van der Waals surface area contributed by atoms with Crippen LogP contribution in [0.4, 0.5) is 0 Å². The lowest BCUT2D eigenvalue weighted by molar-refractivity contribution is 0.0623. The van der Waals surface area contributed by atoms with E-state index in [0.29, 0.717) is 30.2 Å². The molecule has 0 radical (unpaired) electrons. The van der Waals surface area contributed by atoms with E-state index in [-0.39, 0.29) is 24.4 Å². The zero-order chi connectivity index (χ0) is 16.8. The monoisotopic (exact) mass is 420 g/mol. The first kappa shape index (κ1) is 21.1. The zero-order valence-electron chi connectivity index (χ0n) is 14.2. The Kier molecular flexibility index (Phi) is 8.87. The van der Waals surface area contributed by atoms with Crippen molar-refractivity contribution in [1.82, 2.24) is 4.90 Å². The van der Waals surface area contributed by atoms with Crippen LogP contribution >= 0.6 is 28.3 Å². The number of rotatable bonds is 6. The molecule has 1 heterocycles. The second-order valence-corrected chi connectivity index (χ2v) is 6.58. The lowest BCUT2D eigenvalue weighted by atomic mass is 10.0. The van der Waals surface area contributed by atoms with Gasteiger partial charge in [0.1, 0.15) is 0 Å². The summed E-state index contributed by atoms with van der Waals surface area (Å²) in [6, 6.07) is 3.68. The highest BCUT2D eigenvalue weighted by atomic mass is 79.9. The predicted molar refractivity (Wildman–Crippen MR) is 101 cm³/mol. The maximum atomic E-state index is 12.9. The summed E-state index contributed by atoms with van der Waals surface area (Å²) in [5.74, 6) is 1.21. The number of ether oxygens (including phenoxy) is 2. The van der Waals surface area contributed by atoms with E-state index in [9.17, 15) is 4.79 Å². The maximum Gasteiger partial charge on any atom is 0.254 e. The number of hydrogen-bond acceptors (Lipinski definition) is 4. The normalized spacial score (nSPS) is 17.2. The third kappa shape index (κ3) is 4.77. The molecule has 2 rings (SSSR count). The van der Waals surface area contributed by atoms with E-state index in [0.717, 1.165) is 36.7 Å². The molecular formula is C17H26BrClN2O3. The quantitative estimate of drug-likeness (QED) is 0.762. The van der Waals surface area contributed by atoms with Crippen molar-refractivity contribution >= 4 is 34.2 Å². The first-order chi connectivity index (χ1) is 11.1. The molecule has 7 heteroatoms. The summed E-state index contributed by atoms with van der Waals surface area (Å²) in [6.45, 7) is 3.90. The predicted octanol–water partition coefficient (Wildman–Crippen LogP) is 3.62. The van der Waals surface area contributed by atoms with Gasteiger partial charge in [-0.15, -0.1) is 12.4 Å². The number of carbonyl (C=O) groups excluding carboxylic acids is 1. The van der Waals surface area contributed by atoms with Crippen molar-refractivity contribution in [3.05, 3.63) is 22.2 Å². The number of hydrogen-bond donors (Lipinski definition) is 1. The number of carbonyl (C=O) groups is 1. The van der Waals surface area contributed by atoms with E-state index in [1.807, 2.05) is 11.8 Å². The van der Waals surface area contributed by atoms with Gasteiger partial charge in [0.25, 0.3) is 5.91 Å². The highest BCUT2D eigenvalue weighted by Gasteiger charge is 2.27. The molecule has 136 valence electrons. The van der Waals surface area contributed by atoms with Crippen LogP contribution in [0.3, 0.4) is 0 Å². The SMILES string of the molecule is CCCOc1c(Br)cc(C(=O)N2CCCCC2CN)cc1OC.Cl. The minimum Gasteiger partial charge on any atom is -0.493 e. The van der Waals surface area contributed by atoms with E-state index in [4.69, 9.17) is 15.2 Å². The van der Waals surface area contributed by atoms with Crippen LogP contribution in [-0.2, 0) is 0 Å². The Morgan fingerprint density at radius 1 is 1.42 bits per heavy atom. The third-order valence-corrected chi connectivity index (χ3v) is 4.68. The van der Waals surface area contributed by atoms with Crippen molar-refractivity contribution in [2.24, 2.45) is 5.73 Å². The van der Waals surface area contributed by atoms with Crippen molar-refractivity contribution in [2.75, 3.05) is 26.8 Å². The fraction of sp³-hybridized carbons (Fsp3) is 0.588. The van der Waals surface area contributed by atoms with Crippen LogP contribution in [0.2, 0.25) is 0 Å². The van der Waals surface area contributed by atoms with Crippen molar-refractivity contribution in [3.8, 4) is 11.5 Å². The first-order valence-corrected chi connectivity index (χ1v) is 8.93. The zero-order valence-corrected chi connectivity index (χ0v) is 16.6. The lowest BCUT2D eigenvalue weighted by Crippen LogP contribution is -2.47. The highest BCUT2D eigenvalue weighted by molar-refractivity contribution is 9.10. The summed E-state index contributed by atoms with van der Waals surface area (Å²) in [5.41, 5.74) is 6.42. The molecule has 1 saturated heterocycles. The summed E-state index contributed by atoms with van der Waals surface area (Å²) in [7, 11) is 1.58. The van der Waals surface area contributed by atoms with E-state index >= 15 is 0 Å². The summed E-state index contributed by atoms with van der Waals surface area (Å²) < 4.78 is 11.8. The number of likely N-dealkylation sites (tertiary alicyclic amines) is 1. The number of amides is 1. The molecule has 1 atom stereocenters. The Bertz CT molecular complexity index is 557. The molecule has 1 aliphatic heterocycles. The number of halogens is 2. The molecular weight excluding hydrogens is 396 g/mol. The van der Waals surface area contributed by atoms with Gasteiger partial charge in [0.2, 0.25) is 0 Å². The molecule has 1 unspecified atom stereocenters. The Morgan fingerprint density at radius 3 is 2.79 bits per heavy atom.